The first-order valence-corrected chi connectivity index (χ1v) is 6.72. The van der Waals surface area contributed by atoms with Gasteiger partial charge in [0.1, 0.15) is 0 Å². The third-order valence-corrected chi connectivity index (χ3v) is 3.50. The molecule has 1 heterocycles. The van der Waals surface area contributed by atoms with E-state index in [-0.39, 0.29) is 0 Å². The molecule has 1 aromatic carbocycles. The molecule has 5 heteroatoms. The number of hydrogen-bond donors (Lipinski definition) is 2. The Morgan fingerprint density at radius 2 is 2.00 bits per heavy atom. The number of aromatic carboxylic acids is 1. The van der Waals surface area contributed by atoms with Crippen molar-refractivity contribution < 1.29 is 9.90 Å². The molecule has 0 aliphatic carbocycles. The van der Waals surface area contributed by atoms with Crippen LogP contribution < -0.4 is 10.6 Å². The number of rotatable bonds is 4. The number of hydrogen-bond acceptors (Lipinski definition) is 4. The van der Waals surface area contributed by atoms with Gasteiger partial charge in [-0.3, -0.25) is 4.90 Å². The molecule has 5 nitrogen and oxygen atoms in total. The Morgan fingerprint density at radius 1 is 1.32 bits per heavy atom. The van der Waals surface area contributed by atoms with Gasteiger partial charge >= 0.3 is 5.97 Å². The third-order valence-electron chi connectivity index (χ3n) is 3.50. The van der Waals surface area contributed by atoms with Crippen LogP contribution in [0, 0.1) is 0 Å². The Morgan fingerprint density at radius 3 is 2.58 bits per heavy atom. The van der Waals surface area contributed by atoms with Gasteiger partial charge < -0.3 is 15.7 Å². The van der Waals surface area contributed by atoms with Gasteiger partial charge in [0, 0.05) is 31.9 Å². The summed E-state index contributed by atoms with van der Waals surface area (Å²) < 4.78 is 0. The summed E-state index contributed by atoms with van der Waals surface area (Å²) in [4.78, 5) is 15.8. The van der Waals surface area contributed by atoms with Crippen LogP contribution >= 0.6 is 0 Å². The van der Waals surface area contributed by atoms with E-state index < -0.39 is 5.97 Å². The van der Waals surface area contributed by atoms with Crippen LogP contribution in [-0.2, 0) is 0 Å². The van der Waals surface area contributed by atoms with E-state index in [1.165, 1.54) is 6.07 Å². The molecule has 2 rings (SSSR count). The minimum absolute atomic E-state index is 0.295. The van der Waals surface area contributed by atoms with Gasteiger partial charge in [0.15, 0.2) is 0 Å². The number of carboxylic acid groups (broad SMARTS) is 1. The molecule has 1 fully saturated rings. The Kier molecular flexibility index (Phi) is 4.27. The van der Waals surface area contributed by atoms with Crippen molar-refractivity contribution in [2.75, 3.05) is 43.4 Å². The largest absolute Gasteiger partial charge is 0.478 e. The van der Waals surface area contributed by atoms with Crippen LogP contribution in [0.4, 0.5) is 11.4 Å². The zero-order valence-corrected chi connectivity index (χ0v) is 11.3. The number of nitrogens with zero attached hydrogens (tertiary/aromatic N) is 2. The highest BCUT2D eigenvalue weighted by molar-refractivity contribution is 5.95. The summed E-state index contributed by atoms with van der Waals surface area (Å²) in [7, 11) is 0. The zero-order valence-electron chi connectivity index (χ0n) is 11.3. The first kappa shape index (κ1) is 13.7. The van der Waals surface area contributed by atoms with Gasteiger partial charge in [-0.1, -0.05) is 6.92 Å². The maximum atomic E-state index is 11.3. The molecule has 1 aliphatic rings. The van der Waals surface area contributed by atoms with E-state index >= 15 is 0 Å². The molecule has 1 aromatic rings. The van der Waals surface area contributed by atoms with Crippen LogP contribution in [0.5, 0.6) is 0 Å². The number of nitrogens with two attached hydrogens (primary N) is 1. The summed E-state index contributed by atoms with van der Waals surface area (Å²) >= 11 is 0. The zero-order chi connectivity index (χ0) is 13.8. The number of anilines is 2. The van der Waals surface area contributed by atoms with Crippen molar-refractivity contribution in [3.05, 3.63) is 23.8 Å². The van der Waals surface area contributed by atoms with Crippen molar-refractivity contribution in [2.45, 2.75) is 13.3 Å². The first-order valence-electron chi connectivity index (χ1n) is 6.72. The molecule has 3 N–H and O–H groups in total. The Balaban J connectivity index is 2.13. The van der Waals surface area contributed by atoms with Crippen LogP contribution in [0.2, 0.25) is 0 Å². The highest BCUT2D eigenvalue weighted by Crippen LogP contribution is 2.24. The number of carbonyl (C=O) groups is 1. The fourth-order valence-corrected chi connectivity index (χ4v) is 2.53. The van der Waals surface area contributed by atoms with Crippen LogP contribution in [0.3, 0.4) is 0 Å². The van der Waals surface area contributed by atoms with Crippen molar-refractivity contribution in [1.29, 1.82) is 0 Å². The number of piperazine rings is 1. The predicted molar refractivity (Wildman–Crippen MR) is 76.8 cm³/mol. The van der Waals surface area contributed by atoms with Crippen LogP contribution in [0.15, 0.2) is 18.2 Å². The SMILES string of the molecule is CCCN1CCN(c2ccc(N)cc2C(=O)O)CC1. The molecule has 0 saturated carbocycles. The van der Waals surface area contributed by atoms with Crippen molar-refractivity contribution in [1.82, 2.24) is 4.90 Å². The summed E-state index contributed by atoms with van der Waals surface area (Å²) in [5.41, 5.74) is 7.23. The molecule has 0 aromatic heterocycles. The molecule has 0 unspecified atom stereocenters. The van der Waals surface area contributed by atoms with Crippen LogP contribution in [0.1, 0.15) is 23.7 Å². The minimum atomic E-state index is -0.918. The van der Waals surface area contributed by atoms with Gasteiger partial charge in [-0.15, -0.1) is 0 Å². The summed E-state index contributed by atoms with van der Waals surface area (Å²) in [6.07, 6.45) is 1.16. The highest BCUT2D eigenvalue weighted by atomic mass is 16.4. The lowest BCUT2D eigenvalue weighted by Gasteiger charge is -2.36. The fourth-order valence-electron chi connectivity index (χ4n) is 2.53. The normalized spacial score (nSPS) is 16.6. The average Bonchev–Trinajstić information content (AvgIpc) is 2.40. The van der Waals surface area contributed by atoms with E-state index in [4.69, 9.17) is 5.73 Å². The molecular weight excluding hydrogens is 242 g/mol. The summed E-state index contributed by atoms with van der Waals surface area (Å²) in [6, 6.07) is 5.12. The Labute approximate surface area is 113 Å². The predicted octanol–water partition coefficient (Wildman–Crippen LogP) is 1.50. The van der Waals surface area contributed by atoms with Gasteiger partial charge in [0.2, 0.25) is 0 Å². The molecule has 0 amide bonds. The molecule has 0 bridgehead atoms. The topological polar surface area (TPSA) is 69.8 Å². The maximum absolute atomic E-state index is 11.3. The third kappa shape index (κ3) is 3.17. The maximum Gasteiger partial charge on any atom is 0.337 e. The Hall–Kier alpha value is -1.75. The molecule has 1 aliphatic heterocycles. The van der Waals surface area contributed by atoms with Crippen molar-refractivity contribution in [3.8, 4) is 0 Å². The fraction of sp³-hybridized carbons (Fsp3) is 0.500. The smallest absolute Gasteiger partial charge is 0.337 e. The van der Waals surface area contributed by atoms with Gasteiger partial charge in [-0.2, -0.15) is 0 Å². The number of benzene rings is 1. The molecule has 19 heavy (non-hydrogen) atoms. The second kappa shape index (κ2) is 5.93. The van der Waals surface area contributed by atoms with Gasteiger partial charge in [0.05, 0.1) is 11.3 Å². The molecule has 104 valence electrons. The molecule has 0 radical (unpaired) electrons. The number of carboxylic acids is 1. The Bertz CT molecular complexity index is 454. The monoisotopic (exact) mass is 263 g/mol. The van der Waals surface area contributed by atoms with E-state index in [0.717, 1.165) is 44.8 Å². The summed E-state index contributed by atoms with van der Waals surface area (Å²) in [5.74, 6) is -0.918. The van der Waals surface area contributed by atoms with Gasteiger partial charge in [-0.25, -0.2) is 4.79 Å². The molecule has 0 atom stereocenters. The lowest BCUT2D eigenvalue weighted by Crippen LogP contribution is -2.47. The molecule has 1 saturated heterocycles. The lowest BCUT2D eigenvalue weighted by atomic mass is 10.1. The minimum Gasteiger partial charge on any atom is -0.478 e. The van der Waals surface area contributed by atoms with Gasteiger partial charge in [0.25, 0.3) is 0 Å². The molecular formula is C14H21N3O2. The second-order valence-electron chi connectivity index (χ2n) is 4.91. The van der Waals surface area contributed by atoms with E-state index in [1.54, 1.807) is 6.07 Å². The average molecular weight is 263 g/mol. The quantitative estimate of drug-likeness (QED) is 0.806. The van der Waals surface area contributed by atoms with E-state index in [0.29, 0.717) is 11.3 Å². The summed E-state index contributed by atoms with van der Waals surface area (Å²) in [6.45, 7) is 6.99. The van der Waals surface area contributed by atoms with E-state index in [9.17, 15) is 9.90 Å². The number of nitrogen functional groups attached to an aromatic ring is 1. The van der Waals surface area contributed by atoms with E-state index in [2.05, 4.69) is 16.7 Å². The first-order chi connectivity index (χ1) is 9.11. The summed E-state index contributed by atoms with van der Waals surface area (Å²) in [5, 5.41) is 9.26. The lowest BCUT2D eigenvalue weighted by molar-refractivity contribution is 0.0697. The molecule has 0 spiro atoms. The van der Waals surface area contributed by atoms with Gasteiger partial charge in [-0.05, 0) is 31.2 Å². The van der Waals surface area contributed by atoms with Crippen LogP contribution in [-0.4, -0.2) is 48.7 Å². The van der Waals surface area contributed by atoms with E-state index in [1.807, 2.05) is 6.07 Å². The van der Waals surface area contributed by atoms with Crippen molar-refractivity contribution in [2.24, 2.45) is 0 Å². The van der Waals surface area contributed by atoms with Crippen molar-refractivity contribution >= 4 is 17.3 Å². The van der Waals surface area contributed by atoms with Crippen LogP contribution in [0.25, 0.3) is 0 Å². The standard InChI is InChI=1S/C14H21N3O2/c1-2-5-16-6-8-17(9-7-16)13-4-3-11(15)10-12(13)14(18)19/h3-4,10H,2,5-9,15H2,1H3,(H,18,19). The second-order valence-corrected chi connectivity index (χ2v) is 4.91. The van der Waals surface area contributed by atoms with Crippen molar-refractivity contribution in [3.63, 3.8) is 0 Å². The highest BCUT2D eigenvalue weighted by Gasteiger charge is 2.21.